The van der Waals surface area contributed by atoms with Gasteiger partial charge in [-0.2, -0.15) is 0 Å². The van der Waals surface area contributed by atoms with Crippen molar-refractivity contribution in [2.45, 2.75) is 0 Å². The number of nitrogens with zero attached hydrogens (tertiary/aromatic N) is 4. The summed E-state index contributed by atoms with van der Waals surface area (Å²) in [6.07, 6.45) is 0. The van der Waals surface area contributed by atoms with Crippen molar-refractivity contribution in [2.75, 3.05) is 0 Å². The Morgan fingerprint density at radius 3 is 1.85 bits per heavy atom. The van der Waals surface area contributed by atoms with Gasteiger partial charge in [0.25, 0.3) is 0 Å². The highest BCUT2D eigenvalue weighted by Gasteiger charge is 2.19. The first kappa shape index (κ1) is 30.6. The van der Waals surface area contributed by atoms with E-state index in [1.54, 1.807) is 0 Å². The zero-order valence-corrected chi connectivity index (χ0v) is 29.6. The van der Waals surface area contributed by atoms with Crippen LogP contribution < -0.4 is 0 Å². The van der Waals surface area contributed by atoms with Gasteiger partial charge in [-0.15, -0.1) is 11.3 Å². The first-order chi connectivity index (χ1) is 26.7. The summed E-state index contributed by atoms with van der Waals surface area (Å²) in [5.74, 6) is 0.663. The molecule has 11 rings (SSSR count). The summed E-state index contributed by atoms with van der Waals surface area (Å²) < 4.78 is 8.75. The maximum atomic E-state index is 6.25. The minimum Gasteiger partial charge on any atom is -0.456 e. The number of para-hydroxylation sites is 3. The molecule has 54 heavy (non-hydrogen) atoms. The van der Waals surface area contributed by atoms with Crippen LogP contribution in [0.2, 0.25) is 0 Å². The second-order valence-corrected chi connectivity index (χ2v) is 14.5. The van der Waals surface area contributed by atoms with Gasteiger partial charge < -0.3 is 4.42 Å². The van der Waals surface area contributed by atoms with Crippen molar-refractivity contribution in [3.63, 3.8) is 0 Å². The lowest BCUT2D eigenvalue weighted by Gasteiger charge is -2.13. The molecule has 252 valence electrons. The number of rotatable bonds is 5. The molecule has 0 bridgehead atoms. The van der Waals surface area contributed by atoms with E-state index in [0.29, 0.717) is 5.82 Å². The number of hydrogen-bond acceptors (Lipinski definition) is 6. The molecule has 0 aliphatic rings. The molecule has 7 aromatic carbocycles. The Hall–Kier alpha value is -7.02. The molecule has 0 saturated heterocycles. The summed E-state index contributed by atoms with van der Waals surface area (Å²) in [6.45, 7) is 0. The third kappa shape index (κ3) is 5.07. The summed E-state index contributed by atoms with van der Waals surface area (Å²) in [7, 11) is 0. The Balaban J connectivity index is 1.06. The van der Waals surface area contributed by atoms with Gasteiger partial charge in [-0.3, -0.25) is 0 Å². The Bertz CT molecular complexity index is 3220. The third-order valence-electron chi connectivity index (χ3n) is 10.1. The highest BCUT2D eigenvalue weighted by Crippen LogP contribution is 2.42. The zero-order chi connectivity index (χ0) is 35.6. The molecule has 0 aliphatic carbocycles. The van der Waals surface area contributed by atoms with Crippen molar-refractivity contribution in [1.82, 2.24) is 19.9 Å². The fourth-order valence-electron chi connectivity index (χ4n) is 7.50. The lowest BCUT2D eigenvalue weighted by atomic mass is 9.98. The van der Waals surface area contributed by atoms with Gasteiger partial charge in [-0.25, -0.2) is 19.9 Å². The second-order valence-electron chi connectivity index (χ2n) is 13.4. The average Bonchev–Trinajstić information content (AvgIpc) is 3.82. The van der Waals surface area contributed by atoms with E-state index < -0.39 is 0 Å². The van der Waals surface area contributed by atoms with E-state index in [1.807, 2.05) is 84.1 Å². The Morgan fingerprint density at radius 1 is 0.389 bits per heavy atom. The fraction of sp³-hybridized carbons (Fsp3) is 0. The predicted molar refractivity (Wildman–Crippen MR) is 222 cm³/mol. The summed E-state index contributed by atoms with van der Waals surface area (Å²) in [5, 5.41) is 4.63. The van der Waals surface area contributed by atoms with Crippen LogP contribution in [0.5, 0.6) is 0 Å². The first-order valence-electron chi connectivity index (χ1n) is 17.9. The van der Waals surface area contributed by atoms with Crippen LogP contribution in [0, 0.1) is 0 Å². The van der Waals surface area contributed by atoms with Crippen LogP contribution in [0.15, 0.2) is 174 Å². The van der Waals surface area contributed by atoms with Gasteiger partial charge in [0, 0.05) is 58.8 Å². The van der Waals surface area contributed by atoms with Crippen LogP contribution in [-0.2, 0) is 0 Å². The van der Waals surface area contributed by atoms with E-state index in [4.69, 9.17) is 24.4 Å². The van der Waals surface area contributed by atoms with Crippen LogP contribution in [0.1, 0.15) is 0 Å². The van der Waals surface area contributed by atoms with Crippen LogP contribution in [0.25, 0.3) is 110 Å². The van der Waals surface area contributed by atoms with Crippen molar-refractivity contribution in [2.24, 2.45) is 0 Å². The van der Waals surface area contributed by atoms with Gasteiger partial charge in [0.15, 0.2) is 5.82 Å². The zero-order valence-electron chi connectivity index (χ0n) is 28.8. The molecule has 6 heteroatoms. The van der Waals surface area contributed by atoms with Gasteiger partial charge in [-0.05, 0) is 48.5 Å². The lowest BCUT2D eigenvalue weighted by Crippen LogP contribution is -1.97. The lowest BCUT2D eigenvalue weighted by molar-refractivity contribution is 0.669. The Morgan fingerprint density at radius 2 is 1.02 bits per heavy atom. The fourth-order valence-corrected chi connectivity index (χ4v) is 8.64. The first-order valence-corrected chi connectivity index (χ1v) is 18.7. The van der Waals surface area contributed by atoms with E-state index in [-0.39, 0.29) is 0 Å². The van der Waals surface area contributed by atoms with Crippen molar-refractivity contribution in [3.8, 4) is 56.4 Å². The number of aromatic nitrogens is 4. The molecular weight excluding hydrogens is 681 g/mol. The monoisotopic (exact) mass is 708 g/mol. The van der Waals surface area contributed by atoms with E-state index in [9.17, 15) is 0 Å². The topological polar surface area (TPSA) is 64.7 Å². The highest BCUT2D eigenvalue weighted by molar-refractivity contribution is 7.25. The molecule has 0 atom stereocenters. The Kier molecular flexibility index (Phi) is 6.97. The summed E-state index contributed by atoms with van der Waals surface area (Å²) >= 11 is 1.81. The predicted octanol–water partition coefficient (Wildman–Crippen LogP) is 13.0. The van der Waals surface area contributed by atoms with E-state index in [1.165, 1.54) is 20.2 Å². The van der Waals surface area contributed by atoms with Crippen molar-refractivity contribution >= 4 is 64.5 Å². The molecule has 0 unspecified atom stereocenters. The second kappa shape index (κ2) is 12.3. The Labute approximate surface area is 313 Å². The number of thiophene rings is 1. The molecule has 0 fully saturated rings. The van der Waals surface area contributed by atoms with Crippen LogP contribution in [0.3, 0.4) is 0 Å². The molecule has 0 radical (unpaired) electrons. The van der Waals surface area contributed by atoms with Crippen molar-refractivity contribution < 1.29 is 4.42 Å². The van der Waals surface area contributed by atoms with Gasteiger partial charge >= 0.3 is 0 Å². The molecule has 0 aliphatic heterocycles. The maximum Gasteiger partial charge on any atom is 0.160 e. The van der Waals surface area contributed by atoms with Crippen molar-refractivity contribution in [3.05, 3.63) is 170 Å². The van der Waals surface area contributed by atoms with Gasteiger partial charge in [-0.1, -0.05) is 121 Å². The minimum atomic E-state index is 0.663. The molecule has 4 aromatic heterocycles. The number of benzene rings is 7. The number of hydrogen-bond donors (Lipinski definition) is 0. The number of furan rings is 1. The molecule has 0 N–H and O–H groups in total. The smallest absolute Gasteiger partial charge is 0.160 e. The summed E-state index contributed by atoms with van der Waals surface area (Å²) in [5.41, 5.74) is 11.7. The van der Waals surface area contributed by atoms with Crippen LogP contribution >= 0.6 is 11.3 Å². The molecule has 0 amide bonds. The van der Waals surface area contributed by atoms with Gasteiger partial charge in [0.1, 0.15) is 11.2 Å². The van der Waals surface area contributed by atoms with E-state index >= 15 is 0 Å². The number of fused-ring (bicyclic) bond motifs is 7. The van der Waals surface area contributed by atoms with E-state index in [2.05, 4.69) is 97.1 Å². The minimum absolute atomic E-state index is 0.663. The molecule has 0 saturated carbocycles. The summed E-state index contributed by atoms with van der Waals surface area (Å²) in [4.78, 5) is 20.7. The van der Waals surface area contributed by atoms with Gasteiger partial charge in [0.2, 0.25) is 0 Å². The van der Waals surface area contributed by atoms with E-state index in [0.717, 1.165) is 83.6 Å². The molecule has 5 nitrogen and oxygen atoms in total. The largest absolute Gasteiger partial charge is 0.456 e. The average molecular weight is 709 g/mol. The normalized spacial score (nSPS) is 11.7. The standard InChI is InChI=1S/C48H28N4OS/c1-2-11-31(12-3-1)48-51-39(28-40(52-48)32-25-26-34-33-13-4-8-18-41(33)53-42(34)27-32)29-21-23-30(24-22-29)46-47(50-38-17-7-6-16-37(38)49-46)36-15-10-20-44-45(36)35-14-5-9-19-43(35)54-44/h1-28H. The van der Waals surface area contributed by atoms with Crippen LogP contribution in [0.4, 0.5) is 0 Å². The van der Waals surface area contributed by atoms with Gasteiger partial charge in [0.05, 0.1) is 33.8 Å². The van der Waals surface area contributed by atoms with Crippen molar-refractivity contribution in [1.29, 1.82) is 0 Å². The molecule has 11 aromatic rings. The molecule has 4 heterocycles. The third-order valence-corrected chi connectivity index (χ3v) is 11.3. The summed E-state index contributed by atoms with van der Waals surface area (Å²) in [6, 6.07) is 58.4. The quantitative estimate of drug-likeness (QED) is 0.178. The molecule has 0 spiro atoms. The maximum absolute atomic E-state index is 6.25. The van der Waals surface area contributed by atoms with Crippen LogP contribution in [-0.4, -0.2) is 19.9 Å². The highest BCUT2D eigenvalue weighted by atomic mass is 32.1. The SMILES string of the molecule is c1ccc(-c2nc(-c3ccc(-c4nc5ccccc5nc4-c4cccc5sc6ccccc6c45)cc3)cc(-c3ccc4c(c3)oc3ccccc34)n2)cc1. The molecular formula is C48H28N4OS.